The zero-order valence-corrected chi connectivity index (χ0v) is 15.5. The molecule has 0 spiro atoms. The van der Waals surface area contributed by atoms with Crippen LogP contribution >= 0.6 is 11.8 Å². The molecule has 0 aliphatic carbocycles. The van der Waals surface area contributed by atoms with E-state index >= 15 is 0 Å². The minimum absolute atomic E-state index is 0.0799. The van der Waals surface area contributed by atoms with Crippen molar-refractivity contribution in [1.29, 1.82) is 0 Å². The van der Waals surface area contributed by atoms with Crippen LogP contribution in [0.25, 0.3) is 10.8 Å². The third-order valence-corrected chi connectivity index (χ3v) is 4.78. The molecule has 0 saturated heterocycles. The lowest BCUT2D eigenvalue weighted by molar-refractivity contribution is -0.115. The maximum atomic E-state index is 12.5. The average Bonchev–Trinajstić information content (AvgIpc) is 3.03. The normalized spacial score (nSPS) is 13.0. The number of carbonyl (C=O) groups is 1. The molecule has 2 aromatic carbocycles. The fourth-order valence-corrected chi connectivity index (χ4v) is 3.37. The Balaban J connectivity index is 1.71. The van der Waals surface area contributed by atoms with Crippen LogP contribution in [0.1, 0.15) is 27.7 Å². The topological polar surface area (TPSA) is 72.7 Å². The van der Waals surface area contributed by atoms with Crippen LogP contribution in [0.5, 0.6) is 0 Å². The predicted octanol–water partition coefficient (Wildman–Crippen LogP) is 3.70. The van der Waals surface area contributed by atoms with E-state index in [2.05, 4.69) is 20.8 Å². The summed E-state index contributed by atoms with van der Waals surface area (Å²) < 4.78 is 1.73. The number of amides is 1. The van der Waals surface area contributed by atoms with Gasteiger partial charge in [-0.2, -0.15) is 0 Å². The lowest BCUT2D eigenvalue weighted by Crippen LogP contribution is -2.27. The molecule has 0 aliphatic heterocycles. The highest BCUT2D eigenvalue weighted by Crippen LogP contribution is 2.26. The second-order valence-corrected chi connectivity index (χ2v) is 8.16. The number of thioether (sulfide) groups is 1. The van der Waals surface area contributed by atoms with Crippen molar-refractivity contribution in [3.8, 4) is 0 Å². The van der Waals surface area contributed by atoms with Crippen molar-refractivity contribution >= 4 is 34.1 Å². The Morgan fingerprint density at radius 2 is 1.88 bits per heavy atom. The SMILES string of the molecule is CC(Sc1nnnn1C(C)(C)C)C(=O)Nc1ccc2ccccc2c1. The number of tetrazole rings is 1. The first kappa shape index (κ1) is 17.4. The smallest absolute Gasteiger partial charge is 0.237 e. The number of hydrogen-bond donors (Lipinski definition) is 1. The molecule has 0 bridgehead atoms. The highest BCUT2D eigenvalue weighted by atomic mass is 32.2. The van der Waals surface area contributed by atoms with Crippen LogP contribution in [0, 0.1) is 0 Å². The second-order valence-electron chi connectivity index (χ2n) is 6.86. The van der Waals surface area contributed by atoms with Gasteiger partial charge in [-0.3, -0.25) is 4.79 Å². The molecule has 130 valence electrons. The number of hydrogen-bond acceptors (Lipinski definition) is 5. The number of rotatable bonds is 4. The molecular weight excluding hydrogens is 334 g/mol. The van der Waals surface area contributed by atoms with Gasteiger partial charge in [0, 0.05) is 5.69 Å². The number of aromatic nitrogens is 4. The van der Waals surface area contributed by atoms with Crippen molar-refractivity contribution in [1.82, 2.24) is 20.2 Å². The molecule has 0 fully saturated rings. The quantitative estimate of drug-likeness (QED) is 0.723. The van der Waals surface area contributed by atoms with E-state index in [1.54, 1.807) is 4.68 Å². The first-order chi connectivity index (χ1) is 11.8. The summed E-state index contributed by atoms with van der Waals surface area (Å²) in [5, 5.41) is 17.3. The molecule has 0 saturated carbocycles. The van der Waals surface area contributed by atoms with Gasteiger partial charge in [0.05, 0.1) is 10.8 Å². The summed E-state index contributed by atoms with van der Waals surface area (Å²) in [4.78, 5) is 12.5. The number of benzene rings is 2. The molecular formula is C18H21N5OS. The number of nitrogens with one attached hydrogen (secondary N) is 1. The minimum atomic E-state index is -0.321. The van der Waals surface area contributed by atoms with E-state index in [0.29, 0.717) is 5.16 Å². The fraction of sp³-hybridized carbons (Fsp3) is 0.333. The Morgan fingerprint density at radius 3 is 2.60 bits per heavy atom. The molecule has 1 atom stereocenters. The molecule has 1 amide bonds. The van der Waals surface area contributed by atoms with E-state index in [9.17, 15) is 4.79 Å². The Hall–Kier alpha value is -2.41. The summed E-state index contributed by atoms with van der Waals surface area (Å²) in [6.45, 7) is 7.91. The van der Waals surface area contributed by atoms with Crippen molar-refractivity contribution in [2.45, 2.75) is 43.6 Å². The monoisotopic (exact) mass is 355 g/mol. The Kier molecular flexibility index (Phi) is 4.76. The van der Waals surface area contributed by atoms with Gasteiger partial charge in [0.1, 0.15) is 0 Å². The van der Waals surface area contributed by atoms with E-state index in [1.165, 1.54) is 11.8 Å². The lowest BCUT2D eigenvalue weighted by Gasteiger charge is -2.20. The summed E-state index contributed by atoms with van der Waals surface area (Å²) in [5.74, 6) is -0.0799. The zero-order valence-electron chi connectivity index (χ0n) is 14.7. The van der Waals surface area contributed by atoms with Crippen LogP contribution < -0.4 is 5.32 Å². The van der Waals surface area contributed by atoms with Crippen LogP contribution in [0.2, 0.25) is 0 Å². The molecule has 25 heavy (non-hydrogen) atoms. The molecule has 7 heteroatoms. The summed E-state index contributed by atoms with van der Waals surface area (Å²) in [6, 6.07) is 14.0. The van der Waals surface area contributed by atoms with Gasteiger partial charge in [0.2, 0.25) is 11.1 Å². The van der Waals surface area contributed by atoms with E-state index in [-0.39, 0.29) is 16.7 Å². The third kappa shape index (κ3) is 3.99. The van der Waals surface area contributed by atoms with Gasteiger partial charge in [0.25, 0.3) is 0 Å². The van der Waals surface area contributed by atoms with Crippen LogP contribution in [0.3, 0.4) is 0 Å². The molecule has 3 rings (SSSR count). The molecule has 6 nitrogen and oxygen atoms in total. The largest absolute Gasteiger partial charge is 0.325 e. The molecule has 3 aromatic rings. The fourth-order valence-electron chi connectivity index (χ4n) is 2.40. The number of carbonyl (C=O) groups excluding carboxylic acids is 1. The molecule has 0 aliphatic rings. The van der Waals surface area contributed by atoms with Crippen molar-refractivity contribution in [3.05, 3.63) is 42.5 Å². The second kappa shape index (κ2) is 6.84. The third-order valence-electron chi connectivity index (χ3n) is 3.74. The molecule has 1 heterocycles. The van der Waals surface area contributed by atoms with Gasteiger partial charge in [-0.15, -0.1) is 5.10 Å². The Bertz CT molecular complexity index is 900. The van der Waals surface area contributed by atoms with E-state index < -0.39 is 0 Å². The highest BCUT2D eigenvalue weighted by molar-refractivity contribution is 8.00. The van der Waals surface area contributed by atoms with Crippen molar-refractivity contribution in [2.24, 2.45) is 0 Å². The lowest BCUT2D eigenvalue weighted by atomic mass is 10.1. The van der Waals surface area contributed by atoms with Crippen LogP contribution in [-0.4, -0.2) is 31.4 Å². The van der Waals surface area contributed by atoms with Gasteiger partial charge in [0.15, 0.2) is 0 Å². The maximum absolute atomic E-state index is 12.5. The number of anilines is 1. The highest BCUT2D eigenvalue weighted by Gasteiger charge is 2.24. The number of fused-ring (bicyclic) bond motifs is 1. The minimum Gasteiger partial charge on any atom is -0.325 e. The Morgan fingerprint density at radius 1 is 1.16 bits per heavy atom. The summed E-state index contributed by atoms with van der Waals surface area (Å²) >= 11 is 1.35. The van der Waals surface area contributed by atoms with Gasteiger partial charge >= 0.3 is 0 Å². The van der Waals surface area contributed by atoms with Crippen LogP contribution in [-0.2, 0) is 10.3 Å². The molecule has 1 aromatic heterocycles. The van der Waals surface area contributed by atoms with Crippen molar-refractivity contribution in [2.75, 3.05) is 5.32 Å². The zero-order chi connectivity index (χ0) is 18.0. The summed E-state index contributed by atoms with van der Waals surface area (Å²) in [6.07, 6.45) is 0. The van der Waals surface area contributed by atoms with Crippen molar-refractivity contribution < 1.29 is 4.79 Å². The molecule has 1 N–H and O–H groups in total. The van der Waals surface area contributed by atoms with E-state index in [0.717, 1.165) is 16.5 Å². The number of nitrogens with zero attached hydrogens (tertiary/aromatic N) is 4. The van der Waals surface area contributed by atoms with Crippen LogP contribution in [0.15, 0.2) is 47.6 Å². The van der Waals surface area contributed by atoms with E-state index in [4.69, 9.17) is 0 Å². The van der Waals surface area contributed by atoms with Gasteiger partial charge in [-0.25, -0.2) is 4.68 Å². The molecule has 1 unspecified atom stereocenters. The maximum Gasteiger partial charge on any atom is 0.237 e. The summed E-state index contributed by atoms with van der Waals surface area (Å²) in [5.41, 5.74) is 0.548. The van der Waals surface area contributed by atoms with Gasteiger partial charge in [-0.1, -0.05) is 42.1 Å². The summed E-state index contributed by atoms with van der Waals surface area (Å²) in [7, 11) is 0. The standard InChI is InChI=1S/C18H21N5OS/c1-12(25-17-20-21-22-23(17)18(2,3)4)16(24)19-15-10-9-13-7-5-6-8-14(13)11-15/h5-12H,1-4H3,(H,19,24). The van der Waals surface area contributed by atoms with Gasteiger partial charge in [-0.05, 0) is 61.0 Å². The Labute approximate surface area is 151 Å². The van der Waals surface area contributed by atoms with Gasteiger partial charge < -0.3 is 5.32 Å². The molecule has 0 radical (unpaired) electrons. The first-order valence-corrected chi connectivity index (χ1v) is 8.98. The average molecular weight is 355 g/mol. The van der Waals surface area contributed by atoms with E-state index in [1.807, 2.05) is 70.2 Å². The first-order valence-electron chi connectivity index (χ1n) is 8.10. The van der Waals surface area contributed by atoms with Crippen molar-refractivity contribution in [3.63, 3.8) is 0 Å². The van der Waals surface area contributed by atoms with Crippen LogP contribution in [0.4, 0.5) is 5.69 Å². The predicted molar refractivity (Wildman–Crippen MR) is 101 cm³/mol.